The van der Waals surface area contributed by atoms with Gasteiger partial charge in [0.15, 0.2) is 17.4 Å². The third-order valence-corrected chi connectivity index (χ3v) is 3.20. The van der Waals surface area contributed by atoms with E-state index in [0.717, 1.165) is 0 Å². The van der Waals surface area contributed by atoms with Gasteiger partial charge in [0.1, 0.15) is 30.2 Å². The van der Waals surface area contributed by atoms with Gasteiger partial charge in [0.25, 0.3) is 0 Å². The van der Waals surface area contributed by atoms with Crippen LogP contribution in [-0.4, -0.2) is 59.8 Å². The van der Waals surface area contributed by atoms with Crippen molar-refractivity contribution in [1.29, 1.82) is 5.41 Å². The molecule has 0 radical (unpaired) electrons. The molecule has 1 aliphatic heterocycles. The van der Waals surface area contributed by atoms with Crippen molar-refractivity contribution in [3.05, 3.63) is 18.1 Å². The molecule has 5 N–H and O–H groups in total. The van der Waals surface area contributed by atoms with Gasteiger partial charge in [0.2, 0.25) is 0 Å². The van der Waals surface area contributed by atoms with Crippen molar-refractivity contribution >= 4 is 11.2 Å². The average Bonchev–Trinajstić information content (AvgIpc) is 2.99. The van der Waals surface area contributed by atoms with Crippen LogP contribution in [0.25, 0.3) is 11.2 Å². The van der Waals surface area contributed by atoms with Gasteiger partial charge in [-0.05, 0) is 0 Å². The van der Waals surface area contributed by atoms with E-state index in [0.29, 0.717) is 11.2 Å². The molecule has 3 heterocycles. The molecule has 9 heteroatoms. The SMILES string of the molecule is N=c1ncn(C2O[C@H](CO)[C@@H](O)[C@@H]2O)c2nc[nH]c12. The van der Waals surface area contributed by atoms with Crippen molar-refractivity contribution in [2.75, 3.05) is 6.61 Å². The van der Waals surface area contributed by atoms with Gasteiger partial charge in [-0.2, -0.15) is 0 Å². The number of imidazole rings is 1. The van der Waals surface area contributed by atoms with Crippen molar-refractivity contribution in [1.82, 2.24) is 19.5 Å². The van der Waals surface area contributed by atoms with Gasteiger partial charge < -0.3 is 25.0 Å². The number of hydrogen-bond acceptors (Lipinski definition) is 7. The molecule has 19 heavy (non-hydrogen) atoms. The number of aliphatic hydroxyl groups is 3. The van der Waals surface area contributed by atoms with Gasteiger partial charge in [-0.25, -0.2) is 9.97 Å². The van der Waals surface area contributed by atoms with Crippen molar-refractivity contribution < 1.29 is 20.1 Å². The van der Waals surface area contributed by atoms with Crippen LogP contribution in [0.1, 0.15) is 6.23 Å². The monoisotopic (exact) mass is 267 g/mol. The molecule has 1 aliphatic rings. The second-order valence-corrected chi connectivity index (χ2v) is 4.33. The quantitative estimate of drug-likeness (QED) is 0.420. The van der Waals surface area contributed by atoms with Crippen LogP contribution >= 0.6 is 0 Å². The zero-order valence-corrected chi connectivity index (χ0v) is 9.76. The summed E-state index contributed by atoms with van der Waals surface area (Å²) in [5, 5.41) is 36.4. The van der Waals surface area contributed by atoms with Crippen LogP contribution in [0.4, 0.5) is 0 Å². The Bertz CT molecular complexity index is 653. The molecule has 0 bridgehead atoms. The summed E-state index contributed by atoms with van der Waals surface area (Å²) < 4.78 is 6.82. The number of aromatic nitrogens is 4. The maximum atomic E-state index is 9.96. The van der Waals surface area contributed by atoms with Crippen molar-refractivity contribution in [2.24, 2.45) is 0 Å². The van der Waals surface area contributed by atoms with Gasteiger partial charge in [-0.3, -0.25) is 9.98 Å². The third-order valence-electron chi connectivity index (χ3n) is 3.20. The number of nitrogens with one attached hydrogen (secondary N) is 2. The Morgan fingerprint density at radius 3 is 2.84 bits per heavy atom. The molecule has 3 rings (SSSR count). The summed E-state index contributed by atoms with van der Waals surface area (Å²) in [4.78, 5) is 10.7. The Morgan fingerprint density at radius 2 is 2.16 bits per heavy atom. The van der Waals surface area contributed by atoms with Crippen LogP contribution in [0, 0.1) is 5.41 Å². The molecule has 1 unspecified atom stereocenters. The summed E-state index contributed by atoms with van der Waals surface area (Å²) in [6.07, 6.45) is -1.45. The molecule has 0 saturated carbocycles. The lowest BCUT2D eigenvalue weighted by molar-refractivity contribution is -0.0515. The van der Waals surface area contributed by atoms with Crippen LogP contribution in [0.2, 0.25) is 0 Å². The minimum Gasteiger partial charge on any atom is -0.394 e. The van der Waals surface area contributed by atoms with Gasteiger partial charge in [0.05, 0.1) is 12.9 Å². The number of ether oxygens (including phenoxy) is 1. The van der Waals surface area contributed by atoms with Gasteiger partial charge in [-0.15, -0.1) is 0 Å². The first-order valence-corrected chi connectivity index (χ1v) is 5.70. The highest BCUT2D eigenvalue weighted by atomic mass is 16.6. The lowest BCUT2D eigenvalue weighted by Gasteiger charge is -2.18. The van der Waals surface area contributed by atoms with E-state index in [4.69, 9.17) is 15.3 Å². The predicted molar refractivity (Wildman–Crippen MR) is 60.7 cm³/mol. The zero-order valence-electron chi connectivity index (χ0n) is 9.76. The van der Waals surface area contributed by atoms with Crippen LogP contribution in [-0.2, 0) is 4.74 Å². The van der Waals surface area contributed by atoms with E-state index < -0.39 is 31.1 Å². The third kappa shape index (κ3) is 1.75. The standard InChI is InChI=1S/C10H13N5O4/c11-8-5-9(13-2-12-5)15(3-14-8)10-7(18)6(17)4(1-16)19-10/h2-4,6-7,10-11,16-18H,1H2,(H,12,13)/t4-,6-,7+,10?/m1/s1. The molecule has 2 aromatic rings. The smallest absolute Gasteiger partial charge is 0.173 e. The Kier molecular flexibility index (Phi) is 2.82. The summed E-state index contributed by atoms with van der Waals surface area (Å²) in [6, 6.07) is 0. The predicted octanol–water partition coefficient (Wildman–Crippen LogP) is -2.15. The lowest BCUT2D eigenvalue weighted by atomic mass is 10.1. The van der Waals surface area contributed by atoms with E-state index in [2.05, 4.69) is 15.0 Å². The van der Waals surface area contributed by atoms with Crippen LogP contribution < -0.4 is 5.49 Å². The first kappa shape index (κ1) is 12.2. The lowest BCUT2D eigenvalue weighted by Crippen LogP contribution is -2.33. The number of rotatable bonds is 2. The van der Waals surface area contributed by atoms with Gasteiger partial charge in [-0.1, -0.05) is 0 Å². The fraction of sp³-hybridized carbons (Fsp3) is 0.500. The Hall–Kier alpha value is -1.81. The summed E-state index contributed by atoms with van der Waals surface area (Å²) >= 11 is 0. The fourth-order valence-electron chi connectivity index (χ4n) is 2.19. The molecule has 1 saturated heterocycles. The van der Waals surface area contributed by atoms with Crippen molar-refractivity contribution in [3.8, 4) is 0 Å². The first-order valence-electron chi connectivity index (χ1n) is 5.70. The van der Waals surface area contributed by atoms with E-state index in [9.17, 15) is 10.2 Å². The molecule has 1 fully saturated rings. The molecule has 0 amide bonds. The topological polar surface area (TPSA) is 140 Å². The van der Waals surface area contributed by atoms with E-state index >= 15 is 0 Å². The van der Waals surface area contributed by atoms with Crippen LogP contribution in [0.3, 0.4) is 0 Å². The number of aromatic amines is 1. The molecular formula is C10H13N5O4. The summed E-state index contributed by atoms with van der Waals surface area (Å²) in [7, 11) is 0. The normalized spacial score (nSPS) is 31.1. The highest BCUT2D eigenvalue weighted by Crippen LogP contribution is 2.30. The van der Waals surface area contributed by atoms with Crippen LogP contribution in [0.15, 0.2) is 12.7 Å². The second-order valence-electron chi connectivity index (χ2n) is 4.33. The molecular weight excluding hydrogens is 254 g/mol. The average molecular weight is 267 g/mol. The summed E-state index contributed by atoms with van der Waals surface area (Å²) in [5.41, 5.74) is 0.811. The Labute approximate surface area is 106 Å². The minimum atomic E-state index is -1.21. The highest BCUT2D eigenvalue weighted by molar-refractivity contribution is 5.68. The highest BCUT2D eigenvalue weighted by Gasteiger charge is 2.43. The van der Waals surface area contributed by atoms with E-state index in [1.165, 1.54) is 17.2 Å². The Balaban J connectivity index is 2.08. The number of nitrogens with zero attached hydrogens (tertiary/aromatic N) is 3. The molecule has 2 aromatic heterocycles. The summed E-state index contributed by atoms with van der Waals surface area (Å²) in [5.74, 6) is 0. The molecule has 0 spiro atoms. The number of aliphatic hydroxyl groups excluding tert-OH is 3. The van der Waals surface area contributed by atoms with E-state index in [1.54, 1.807) is 0 Å². The van der Waals surface area contributed by atoms with Gasteiger partial charge >= 0.3 is 0 Å². The fourth-order valence-corrected chi connectivity index (χ4v) is 2.19. The molecule has 102 valence electrons. The minimum absolute atomic E-state index is 0.0236. The maximum absolute atomic E-state index is 9.96. The largest absolute Gasteiger partial charge is 0.394 e. The Morgan fingerprint density at radius 1 is 1.37 bits per heavy atom. The molecule has 4 atom stereocenters. The second kappa shape index (κ2) is 4.38. The molecule has 9 nitrogen and oxygen atoms in total. The number of fused-ring (bicyclic) bond motifs is 1. The zero-order chi connectivity index (χ0) is 13.6. The van der Waals surface area contributed by atoms with Crippen molar-refractivity contribution in [2.45, 2.75) is 24.5 Å². The number of hydrogen-bond donors (Lipinski definition) is 5. The molecule has 0 aromatic carbocycles. The summed E-state index contributed by atoms with van der Waals surface area (Å²) in [6.45, 7) is -0.400. The first-order chi connectivity index (χ1) is 9.13. The van der Waals surface area contributed by atoms with Gasteiger partial charge in [0, 0.05) is 0 Å². The number of H-pyrrole nitrogens is 1. The van der Waals surface area contributed by atoms with E-state index in [1.807, 2.05) is 0 Å². The van der Waals surface area contributed by atoms with E-state index in [-0.39, 0.29) is 5.49 Å². The maximum Gasteiger partial charge on any atom is 0.173 e. The van der Waals surface area contributed by atoms with Crippen LogP contribution in [0.5, 0.6) is 0 Å². The molecule has 0 aliphatic carbocycles. The van der Waals surface area contributed by atoms with Crippen molar-refractivity contribution in [3.63, 3.8) is 0 Å².